The normalized spacial score (nSPS) is 19.4. The third-order valence-electron chi connectivity index (χ3n) is 3.49. The van der Waals surface area contributed by atoms with Crippen LogP contribution in [0.25, 0.3) is 0 Å². The van der Waals surface area contributed by atoms with E-state index in [2.05, 4.69) is 24.8 Å². The van der Waals surface area contributed by atoms with E-state index in [0.717, 1.165) is 43.1 Å². The van der Waals surface area contributed by atoms with Crippen LogP contribution in [0.15, 0.2) is 31.0 Å². The first kappa shape index (κ1) is 12.0. The smallest absolute Gasteiger partial charge is 0.147 e. The van der Waals surface area contributed by atoms with Crippen LogP contribution in [0.2, 0.25) is 0 Å². The van der Waals surface area contributed by atoms with Crippen LogP contribution < -0.4 is 4.90 Å². The largest absolute Gasteiger partial charge is 0.355 e. The quantitative estimate of drug-likeness (QED) is 0.821. The molecule has 0 saturated carbocycles. The maximum absolute atomic E-state index is 4.60. The van der Waals surface area contributed by atoms with Crippen LogP contribution in [0.5, 0.6) is 0 Å². The van der Waals surface area contributed by atoms with Gasteiger partial charge < -0.3 is 4.90 Å². The number of piperidine rings is 1. The van der Waals surface area contributed by atoms with Crippen molar-refractivity contribution in [2.75, 3.05) is 18.0 Å². The monoisotopic (exact) mass is 255 g/mol. The number of aryl methyl sites for hydroxylation is 1. The second-order valence-electron chi connectivity index (χ2n) is 4.93. The second-order valence-corrected chi connectivity index (χ2v) is 4.93. The molecule has 0 unspecified atom stereocenters. The molecule has 3 rings (SSSR count). The summed E-state index contributed by atoms with van der Waals surface area (Å²) >= 11 is 0. The third kappa shape index (κ3) is 2.70. The van der Waals surface area contributed by atoms with Crippen molar-refractivity contribution in [3.05, 3.63) is 42.4 Å². The average molecular weight is 255 g/mol. The number of rotatable bonds is 2. The molecule has 5 nitrogen and oxygen atoms in total. The van der Waals surface area contributed by atoms with Crippen molar-refractivity contribution < 1.29 is 0 Å². The molecule has 0 amide bonds. The average Bonchev–Trinajstić information content (AvgIpc) is 2.48. The molecule has 1 aliphatic rings. The van der Waals surface area contributed by atoms with E-state index in [1.165, 1.54) is 0 Å². The molecule has 1 atom stereocenters. The fourth-order valence-corrected chi connectivity index (χ4v) is 2.56. The minimum Gasteiger partial charge on any atom is -0.355 e. The molecule has 0 N–H and O–H groups in total. The summed E-state index contributed by atoms with van der Waals surface area (Å²) in [6.07, 6.45) is 11.3. The van der Waals surface area contributed by atoms with E-state index in [4.69, 9.17) is 0 Å². The molecule has 3 heterocycles. The van der Waals surface area contributed by atoms with Gasteiger partial charge in [-0.2, -0.15) is 0 Å². The molecule has 0 radical (unpaired) electrons. The first-order valence-corrected chi connectivity index (χ1v) is 6.62. The van der Waals surface area contributed by atoms with Gasteiger partial charge in [0, 0.05) is 43.8 Å². The van der Waals surface area contributed by atoms with Gasteiger partial charge in [-0.05, 0) is 19.8 Å². The Morgan fingerprint density at radius 1 is 1.16 bits per heavy atom. The van der Waals surface area contributed by atoms with E-state index in [1.807, 2.05) is 19.3 Å². The van der Waals surface area contributed by atoms with Gasteiger partial charge in [0.1, 0.15) is 5.82 Å². The number of hydrogen-bond donors (Lipinski definition) is 0. The summed E-state index contributed by atoms with van der Waals surface area (Å²) < 4.78 is 0. The zero-order chi connectivity index (χ0) is 13.1. The Labute approximate surface area is 112 Å². The lowest BCUT2D eigenvalue weighted by Crippen LogP contribution is -2.35. The summed E-state index contributed by atoms with van der Waals surface area (Å²) in [6.45, 7) is 3.96. The van der Waals surface area contributed by atoms with E-state index in [0.29, 0.717) is 5.92 Å². The van der Waals surface area contributed by atoms with Crippen molar-refractivity contribution in [2.45, 2.75) is 25.7 Å². The third-order valence-corrected chi connectivity index (χ3v) is 3.49. The van der Waals surface area contributed by atoms with Crippen LogP contribution in [0.3, 0.4) is 0 Å². The highest BCUT2D eigenvalue weighted by Crippen LogP contribution is 2.27. The van der Waals surface area contributed by atoms with Gasteiger partial charge in [-0.15, -0.1) is 0 Å². The molecular weight excluding hydrogens is 238 g/mol. The lowest BCUT2D eigenvalue weighted by atomic mass is 9.95. The summed E-state index contributed by atoms with van der Waals surface area (Å²) in [5, 5.41) is 0. The molecule has 2 aromatic rings. The fourth-order valence-electron chi connectivity index (χ4n) is 2.56. The van der Waals surface area contributed by atoms with Crippen molar-refractivity contribution in [2.24, 2.45) is 0 Å². The molecule has 0 aromatic carbocycles. The molecule has 0 bridgehead atoms. The first-order valence-electron chi connectivity index (χ1n) is 6.62. The van der Waals surface area contributed by atoms with Crippen molar-refractivity contribution in [3.63, 3.8) is 0 Å². The molecule has 98 valence electrons. The highest BCUT2D eigenvalue weighted by molar-refractivity contribution is 5.36. The summed E-state index contributed by atoms with van der Waals surface area (Å²) in [5.41, 5.74) is 2.07. The predicted octanol–water partition coefficient (Wildman–Crippen LogP) is 1.96. The molecule has 0 aliphatic carbocycles. The highest BCUT2D eigenvalue weighted by Gasteiger charge is 2.23. The summed E-state index contributed by atoms with van der Waals surface area (Å²) in [4.78, 5) is 19.6. The SMILES string of the molecule is Cc1cncc([C@H]2CCCN(c3cnccn3)C2)n1. The van der Waals surface area contributed by atoms with Crippen LogP contribution in [0.4, 0.5) is 5.82 Å². The molecule has 5 heteroatoms. The van der Waals surface area contributed by atoms with Crippen LogP contribution in [0.1, 0.15) is 30.1 Å². The number of anilines is 1. The van der Waals surface area contributed by atoms with Gasteiger partial charge in [0.2, 0.25) is 0 Å². The maximum Gasteiger partial charge on any atom is 0.147 e. The molecule has 2 aromatic heterocycles. The maximum atomic E-state index is 4.60. The highest BCUT2D eigenvalue weighted by atomic mass is 15.2. The summed E-state index contributed by atoms with van der Waals surface area (Å²) in [7, 11) is 0. The van der Waals surface area contributed by atoms with Gasteiger partial charge in [0.15, 0.2) is 0 Å². The zero-order valence-electron chi connectivity index (χ0n) is 11.0. The van der Waals surface area contributed by atoms with Gasteiger partial charge >= 0.3 is 0 Å². The van der Waals surface area contributed by atoms with Gasteiger partial charge in [-0.3, -0.25) is 15.0 Å². The topological polar surface area (TPSA) is 54.8 Å². The van der Waals surface area contributed by atoms with Gasteiger partial charge in [0.05, 0.1) is 17.6 Å². The van der Waals surface area contributed by atoms with E-state index in [1.54, 1.807) is 18.6 Å². The molecule has 0 spiro atoms. The van der Waals surface area contributed by atoms with Crippen LogP contribution >= 0.6 is 0 Å². The van der Waals surface area contributed by atoms with Crippen LogP contribution in [-0.4, -0.2) is 33.0 Å². The van der Waals surface area contributed by atoms with Crippen molar-refractivity contribution in [3.8, 4) is 0 Å². The lowest BCUT2D eigenvalue weighted by molar-refractivity contribution is 0.496. The predicted molar refractivity (Wildman–Crippen MR) is 73.0 cm³/mol. The Balaban J connectivity index is 1.78. The second kappa shape index (κ2) is 5.30. The molecular formula is C14H17N5. The summed E-state index contributed by atoms with van der Waals surface area (Å²) in [5.74, 6) is 1.39. The number of hydrogen-bond acceptors (Lipinski definition) is 5. The Bertz CT molecular complexity index is 543. The molecule has 1 aliphatic heterocycles. The lowest BCUT2D eigenvalue weighted by Gasteiger charge is -2.32. The Hall–Kier alpha value is -2.04. The minimum absolute atomic E-state index is 0.433. The Morgan fingerprint density at radius 2 is 2.11 bits per heavy atom. The van der Waals surface area contributed by atoms with Crippen LogP contribution in [0, 0.1) is 6.92 Å². The fraction of sp³-hybridized carbons (Fsp3) is 0.429. The molecule has 19 heavy (non-hydrogen) atoms. The Morgan fingerprint density at radius 3 is 2.89 bits per heavy atom. The van der Waals surface area contributed by atoms with Crippen molar-refractivity contribution in [1.29, 1.82) is 0 Å². The van der Waals surface area contributed by atoms with Crippen molar-refractivity contribution >= 4 is 5.82 Å². The molecule has 1 fully saturated rings. The summed E-state index contributed by atoms with van der Waals surface area (Å²) in [6, 6.07) is 0. The number of aromatic nitrogens is 4. The number of nitrogens with zero attached hydrogens (tertiary/aromatic N) is 5. The van der Waals surface area contributed by atoms with Crippen LogP contribution in [-0.2, 0) is 0 Å². The standard InChI is InChI=1S/C14H17N5/c1-11-7-16-8-13(18-11)12-3-2-6-19(10-12)14-9-15-4-5-17-14/h4-5,7-9,12H,2-3,6,10H2,1H3/t12-/m0/s1. The van der Waals surface area contributed by atoms with Gasteiger partial charge in [0.25, 0.3) is 0 Å². The van der Waals surface area contributed by atoms with Gasteiger partial charge in [-0.25, -0.2) is 4.98 Å². The van der Waals surface area contributed by atoms with E-state index in [-0.39, 0.29) is 0 Å². The van der Waals surface area contributed by atoms with E-state index in [9.17, 15) is 0 Å². The molecule has 1 saturated heterocycles. The van der Waals surface area contributed by atoms with E-state index < -0.39 is 0 Å². The zero-order valence-corrected chi connectivity index (χ0v) is 11.0. The Kier molecular flexibility index (Phi) is 3.35. The first-order chi connectivity index (χ1) is 9.33. The van der Waals surface area contributed by atoms with Gasteiger partial charge in [-0.1, -0.05) is 0 Å². The van der Waals surface area contributed by atoms with E-state index >= 15 is 0 Å². The minimum atomic E-state index is 0.433. The van der Waals surface area contributed by atoms with Crippen molar-refractivity contribution in [1.82, 2.24) is 19.9 Å².